The third-order valence-electron chi connectivity index (χ3n) is 2.93. The van der Waals surface area contributed by atoms with Gasteiger partial charge in [0.05, 0.1) is 24.0 Å². The second-order valence-corrected chi connectivity index (χ2v) is 4.35. The Morgan fingerprint density at radius 1 is 1.47 bits per heavy atom. The molecule has 0 N–H and O–H groups in total. The highest BCUT2D eigenvalue weighted by atomic mass is 16.6. The first kappa shape index (κ1) is 14.8. The zero-order valence-electron chi connectivity index (χ0n) is 10.9. The Hall–Kier alpha value is -2.26. The summed E-state index contributed by atoms with van der Waals surface area (Å²) < 4.78 is 0. The lowest BCUT2D eigenvalue weighted by atomic mass is 10.1. The monoisotopic (exact) mass is 261 g/mol. The van der Waals surface area contributed by atoms with Crippen LogP contribution in [0.3, 0.4) is 0 Å². The van der Waals surface area contributed by atoms with Crippen LogP contribution in [-0.2, 0) is 0 Å². The topological polar surface area (TPSA) is 87.2 Å². The molecule has 1 aromatic rings. The Morgan fingerprint density at radius 2 is 2.05 bits per heavy atom. The van der Waals surface area contributed by atoms with E-state index < -0.39 is 4.92 Å². The zero-order chi connectivity index (χ0) is 14.4. The number of nitriles is 1. The Balaban J connectivity index is 2.68. The normalized spacial score (nSPS) is 11.9. The van der Waals surface area contributed by atoms with Gasteiger partial charge in [-0.25, -0.2) is 0 Å². The van der Waals surface area contributed by atoms with Gasteiger partial charge in [-0.2, -0.15) is 5.26 Å². The van der Waals surface area contributed by atoms with Crippen molar-refractivity contribution in [3.63, 3.8) is 0 Å². The minimum atomic E-state index is -0.505. The largest absolute Gasteiger partial charge is 0.295 e. The lowest BCUT2D eigenvalue weighted by Crippen LogP contribution is -2.33. The van der Waals surface area contributed by atoms with Crippen LogP contribution in [0.4, 0.5) is 5.69 Å². The van der Waals surface area contributed by atoms with Gasteiger partial charge in [-0.1, -0.05) is 0 Å². The number of rotatable bonds is 6. The molecular weight excluding hydrogens is 246 g/mol. The summed E-state index contributed by atoms with van der Waals surface area (Å²) in [6.45, 7) is 2.05. The third-order valence-corrected chi connectivity index (χ3v) is 2.93. The van der Waals surface area contributed by atoms with Gasteiger partial charge in [0, 0.05) is 23.7 Å². The molecule has 19 heavy (non-hydrogen) atoms. The van der Waals surface area contributed by atoms with Crippen LogP contribution in [0, 0.1) is 21.4 Å². The van der Waals surface area contributed by atoms with E-state index >= 15 is 0 Å². The SMILES string of the molecule is CC(CC#N)N(C)CC(=O)c1ccc([N+](=O)[O-])cc1. The van der Waals surface area contributed by atoms with E-state index in [0.717, 1.165) is 0 Å². The predicted molar refractivity (Wildman–Crippen MR) is 69.7 cm³/mol. The Morgan fingerprint density at radius 3 is 2.53 bits per heavy atom. The van der Waals surface area contributed by atoms with Gasteiger partial charge in [-0.3, -0.25) is 19.8 Å². The molecule has 0 amide bonds. The number of nitro benzene ring substituents is 1. The Kier molecular flexibility index (Phi) is 5.15. The molecule has 0 aliphatic carbocycles. The van der Waals surface area contributed by atoms with Gasteiger partial charge >= 0.3 is 0 Å². The van der Waals surface area contributed by atoms with Gasteiger partial charge in [0.1, 0.15) is 0 Å². The van der Waals surface area contributed by atoms with Crippen molar-refractivity contribution in [2.24, 2.45) is 0 Å². The van der Waals surface area contributed by atoms with Gasteiger partial charge in [0.25, 0.3) is 5.69 Å². The van der Waals surface area contributed by atoms with E-state index in [-0.39, 0.29) is 24.1 Å². The fraction of sp³-hybridized carbons (Fsp3) is 0.385. The number of carbonyl (C=O) groups is 1. The summed E-state index contributed by atoms with van der Waals surface area (Å²) in [6, 6.07) is 7.56. The Bertz CT molecular complexity index is 505. The van der Waals surface area contributed by atoms with E-state index in [1.807, 2.05) is 6.92 Å². The maximum Gasteiger partial charge on any atom is 0.269 e. The summed E-state index contributed by atoms with van der Waals surface area (Å²) in [4.78, 5) is 23.7. The minimum Gasteiger partial charge on any atom is -0.295 e. The van der Waals surface area contributed by atoms with Crippen LogP contribution in [0.2, 0.25) is 0 Å². The first-order chi connectivity index (χ1) is 8.95. The van der Waals surface area contributed by atoms with Crippen molar-refractivity contribution in [1.29, 1.82) is 5.26 Å². The van der Waals surface area contributed by atoms with Crippen molar-refractivity contribution in [3.05, 3.63) is 39.9 Å². The highest BCUT2D eigenvalue weighted by Gasteiger charge is 2.15. The summed E-state index contributed by atoms with van der Waals surface area (Å²) in [7, 11) is 1.77. The van der Waals surface area contributed by atoms with Gasteiger partial charge in [0.15, 0.2) is 5.78 Å². The van der Waals surface area contributed by atoms with Gasteiger partial charge in [0.2, 0.25) is 0 Å². The molecule has 0 fully saturated rings. The van der Waals surface area contributed by atoms with Crippen molar-refractivity contribution < 1.29 is 9.72 Å². The highest BCUT2D eigenvalue weighted by molar-refractivity contribution is 5.97. The molecule has 1 atom stereocenters. The molecule has 0 aromatic heterocycles. The summed E-state index contributed by atoms with van der Waals surface area (Å²) in [6.07, 6.45) is 0.351. The Labute approximate surface area is 111 Å². The highest BCUT2D eigenvalue weighted by Crippen LogP contribution is 2.13. The summed E-state index contributed by atoms with van der Waals surface area (Å²) in [5.41, 5.74) is 0.393. The van der Waals surface area contributed by atoms with E-state index in [1.54, 1.807) is 11.9 Å². The first-order valence-electron chi connectivity index (χ1n) is 5.80. The van der Waals surface area contributed by atoms with Crippen LogP contribution in [0.25, 0.3) is 0 Å². The number of hydrogen-bond acceptors (Lipinski definition) is 5. The number of nitrogens with zero attached hydrogens (tertiary/aromatic N) is 3. The van der Waals surface area contributed by atoms with Crippen molar-refractivity contribution in [1.82, 2.24) is 4.90 Å². The van der Waals surface area contributed by atoms with Gasteiger partial charge in [-0.15, -0.1) is 0 Å². The molecule has 1 aromatic carbocycles. The molecule has 0 aliphatic rings. The van der Waals surface area contributed by atoms with Crippen molar-refractivity contribution >= 4 is 11.5 Å². The zero-order valence-corrected chi connectivity index (χ0v) is 10.9. The van der Waals surface area contributed by atoms with E-state index in [1.165, 1.54) is 24.3 Å². The second-order valence-electron chi connectivity index (χ2n) is 4.35. The number of Topliss-reactive ketones (excluding diaryl/α,β-unsaturated/α-hetero) is 1. The van der Waals surface area contributed by atoms with E-state index in [9.17, 15) is 14.9 Å². The number of carbonyl (C=O) groups excluding carboxylic acids is 1. The maximum atomic E-state index is 12.0. The molecule has 1 unspecified atom stereocenters. The average Bonchev–Trinajstić information content (AvgIpc) is 2.38. The lowest BCUT2D eigenvalue weighted by molar-refractivity contribution is -0.384. The molecular formula is C13H15N3O3. The van der Waals surface area contributed by atoms with Crippen LogP contribution in [0.5, 0.6) is 0 Å². The maximum absolute atomic E-state index is 12.0. The lowest BCUT2D eigenvalue weighted by Gasteiger charge is -2.21. The summed E-state index contributed by atoms with van der Waals surface area (Å²) in [5.74, 6) is -0.123. The number of hydrogen-bond donors (Lipinski definition) is 0. The molecule has 6 heteroatoms. The predicted octanol–water partition coefficient (Wildman–Crippen LogP) is 2.01. The molecule has 0 heterocycles. The molecule has 0 spiro atoms. The fourth-order valence-corrected chi connectivity index (χ4v) is 1.53. The molecule has 6 nitrogen and oxygen atoms in total. The van der Waals surface area contributed by atoms with Gasteiger partial charge < -0.3 is 0 Å². The first-order valence-corrected chi connectivity index (χ1v) is 5.80. The molecule has 100 valence electrons. The molecule has 0 saturated carbocycles. The molecule has 0 saturated heterocycles. The van der Waals surface area contributed by atoms with Crippen molar-refractivity contribution in [3.8, 4) is 6.07 Å². The second kappa shape index (κ2) is 6.61. The summed E-state index contributed by atoms with van der Waals surface area (Å²) >= 11 is 0. The van der Waals surface area contributed by atoms with E-state index in [2.05, 4.69) is 6.07 Å². The van der Waals surface area contributed by atoms with Crippen LogP contribution in [0.15, 0.2) is 24.3 Å². The van der Waals surface area contributed by atoms with Crippen LogP contribution >= 0.6 is 0 Å². The fourth-order valence-electron chi connectivity index (χ4n) is 1.53. The van der Waals surface area contributed by atoms with Crippen LogP contribution in [0.1, 0.15) is 23.7 Å². The van der Waals surface area contributed by atoms with Gasteiger partial charge in [-0.05, 0) is 26.1 Å². The average molecular weight is 261 g/mol. The standard InChI is InChI=1S/C13H15N3O3/c1-10(7-8-14)15(2)9-13(17)11-3-5-12(6-4-11)16(18)19/h3-6,10H,7,9H2,1-2H3. The van der Waals surface area contributed by atoms with E-state index in [0.29, 0.717) is 12.0 Å². The smallest absolute Gasteiger partial charge is 0.269 e. The van der Waals surface area contributed by atoms with Crippen LogP contribution in [-0.4, -0.2) is 35.2 Å². The molecule has 0 aliphatic heterocycles. The number of likely N-dealkylation sites (N-methyl/N-ethyl adjacent to an activating group) is 1. The van der Waals surface area contributed by atoms with Crippen LogP contribution < -0.4 is 0 Å². The molecule has 0 bridgehead atoms. The number of nitro groups is 1. The van der Waals surface area contributed by atoms with E-state index in [4.69, 9.17) is 5.26 Å². The minimum absolute atomic E-state index is 0.00741. The number of ketones is 1. The number of non-ortho nitro benzene ring substituents is 1. The summed E-state index contributed by atoms with van der Waals surface area (Å²) in [5, 5.41) is 19.1. The van der Waals surface area contributed by atoms with Crippen molar-refractivity contribution in [2.75, 3.05) is 13.6 Å². The quantitative estimate of drug-likeness (QED) is 0.444. The third kappa shape index (κ3) is 4.16. The molecule has 1 rings (SSSR count). The molecule has 0 radical (unpaired) electrons. The van der Waals surface area contributed by atoms with Crippen molar-refractivity contribution in [2.45, 2.75) is 19.4 Å². The number of benzene rings is 1.